The second-order valence-electron chi connectivity index (χ2n) is 5.60. The lowest BCUT2D eigenvalue weighted by Gasteiger charge is -2.32. The van der Waals surface area contributed by atoms with Crippen LogP contribution in [0.15, 0.2) is 17.5 Å². The molecular formula is C14H23N3S. The zero-order valence-electron chi connectivity index (χ0n) is 11.1. The van der Waals surface area contributed by atoms with E-state index in [1.165, 1.54) is 37.2 Å². The summed E-state index contributed by atoms with van der Waals surface area (Å²) in [6.07, 6.45) is 4.05. The van der Waals surface area contributed by atoms with Gasteiger partial charge in [-0.1, -0.05) is 6.07 Å². The molecule has 2 N–H and O–H groups in total. The highest BCUT2D eigenvalue weighted by Crippen LogP contribution is 2.33. The van der Waals surface area contributed by atoms with Crippen LogP contribution in [0.4, 0.5) is 0 Å². The lowest BCUT2D eigenvalue weighted by atomic mass is 10.1. The van der Waals surface area contributed by atoms with E-state index in [9.17, 15) is 0 Å². The molecule has 2 aliphatic rings. The second kappa shape index (κ2) is 5.29. The third-order valence-corrected chi connectivity index (χ3v) is 5.69. The molecule has 18 heavy (non-hydrogen) atoms. The molecule has 1 aromatic rings. The smallest absolute Gasteiger partial charge is 0.0564 e. The van der Waals surface area contributed by atoms with Gasteiger partial charge in [0.15, 0.2) is 0 Å². The van der Waals surface area contributed by atoms with Gasteiger partial charge in [0.05, 0.1) is 6.04 Å². The van der Waals surface area contributed by atoms with Crippen LogP contribution >= 0.6 is 11.3 Å². The largest absolute Gasteiger partial charge is 0.329 e. The first-order valence-electron chi connectivity index (χ1n) is 6.99. The number of thiophene rings is 1. The molecule has 0 radical (unpaired) electrons. The van der Waals surface area contributed by atoms with Gasteiger partial charge in [-0.2, -0.15) is 0 Å². The van der Waals surface area contributed by atoms with Crippen molar-refractivity contribution in [2.75, 3.05) is 26.7 Å². The minimum Gasteiger partial charge on any atom is -0.329 e. The maximum Gasteiger partial charge on any atom is 0.0564 e. The van der Waals surface area contributed by atoms with E-state index in [-0.39, 0.29) is 0 Å². The fourth-order valence-corrected chi connectivity index (χ4v) is 4.42. The van der Waals surface area contributed by atoms with E-state index in [1.54, 1.807) is 0 Å². The van der Waals surface area contributed by atoms with Gasteiger partial charge in [-0.05, 0) is 37.8 Å². The summed E-state index contributed by atoms with van der Waals surface area (Å²) in [6, 6.07) is 6.35. The topological polar surface area (TPSA) is 32.5 Å². The van der Waals surface area contributed by atoms with Crippen molar-refractivity contribution in [3.63, 3.8) is 0 Å². The van der Waals surface area contributed by atoms with Crippen LogP contribution in [0.1, 0.15) is 30.2 Å². The zero-order valence-corrected chi connectivity index (χ0v) is 11.9. The predicted octanol–water partition coefficient (Wildman–Crippen LogP) is 1.92. The van der Waals surface area contributed by atoms with Crippen LogP contribution in [-0.4, -0.2) is 48.6 Å². The van der Waals surface area contributed by atoms with Gasteiger partial charge in [0.25, 0.3) is 0 Å². The Hall–Kier alpha value is -0.420. The molecule has 2 fully saturated rings. The number of likely N-dealkylation sites (N-methyl/N-ethyl adjacent to an activating group) is 1. The summed E-state index contributed by atoms with van der Waals surface area (Å²) >= 11 is 1.84. The fourth-order valence-electron chi connectivity index (χ4n) is 3.54. The molecule has 0 amide bonds. The van der Waals surface area contributed by atoms with E-state index in [4.69, 9.17) is 5.73 Å². The van der Waals surface area contributed by atoms with Gasteiger partial charge >= 0.3 is 0 Å². The van der Waals surface area contributed by atoms with Crippen LogP contribution < -0.4 is 5.73 Å². The molecule has 0 aromatic carbocycles. The van der Waals surface area contributed by atoms with Gasteiger partial charge in [-0.3, -0.25) is 9.80 Å². The molecule has 0 saturated carbocycles. The summed E-state index contributed by atoms with van der Waals surface area (Å²) in [6.45, 7) is 3.12. The molecule has 2 aliphatic heterocycles. The van der Waals surface area contributed by atoms with Crippen molar-refractivity contribution in [3.05, 3.63) is 22.4 Å². The Labute approximate surface area is 114 Å². The Balaban J connectivity index is 1.76. The van der Waals surface area contributed by atoms with E-state index in [2.05, 4.69) is 34.4 Å². The molecule has 4 heteroatoms. The molecule has 100 valence electrons. The summed E-state index contributed by atoms with van der Waals surface area (Å²) in [7, 11) is 2.30. The molecule has 3 heterocycles. The van der Waals surface area contributed by atoms with Crippen LogP contribution in [0, 0.1) is 0 Å². The third-order valence-electron chi connectivity index (χ3n) is 4.72. The molecule has 3 atom stereocenters. The van der Waals surface area contributed by atoms with Crippen molar-refractivity contribution in [2.24, 2.45) is 5.73 Å². The maximum atomic E-state index is 6.03. The van der Waals surface area contributed by atoms with Crippen molar-refractivity contribution in [1.29, 1.82) is 0 Å². The Morgan fingerprint density at radius 3 is 2.94 bits per heavy atom. The minimum atomic E-state index is 0.428. The average Bonchev–Trinajstić information content (AvgIpc) is 2.93. The highest BCUT2D eigenvalue weighted by Gasteiger charge is 2.36. The van der Waals surface area contributed by atoms with Gasteiger partial charge in [0.1, 0.15) is 0 Å². The van der Waals surface area contributed by atoms with Crippen molar-refractivity contribution >= 4 is 11.3 Å². The number of nitrogens with zero attached hydrogens (tertiary/aromatic N) is 2. The summed E-state index contributed by atoms with van der Waals surface area (Å²) < 4.78 is 0. The Kier molecular flexibility index (Phi) is 3.71. The zero-order chi connectivity index (χ0) is 12.5. The van der Waals surface area contributed by atoms with Crippen molar-refractivity contribution in [1.82, 2.24) is 9.80 Å². The van der Waals surface area contributed by atoms with Crippen LogP contribution in [0.3, 0.4) is 0 Å². The van der Waals surface area contributed by atoms with E-state index in [0.717, 1.165) is 18.6 Å². The molecule has 2 saturated heterocycles. The van der Waals surface area contributed by atoms with Crippen LogP contribution in [0.25, 0.3) is 0 Å². The van der Waals surface area contributed by atoms with Gasteiger partial charge < -0.3 is 5.73 Å². The lowest BCUT2D eigenvalue weighted by Crippen LogP contribution is -2.40. The van der Waals surface area contributed by atoms with Crippen LogP contribution in [0.2, 0.25) is 0 Å². The molecule has 3 nitrogen and oxygen atoms in total. The van der Waals surface area contributed by atoms with Crippen molar-refractivity contribution < 1.29 is 0 Å². The van der Waals surface area contributed by atoms with Gasteiger partial charge in [-0.15, -0.1) is 11.3 Å². The molecule has 3 unspecified atom stereocenters. The monoisotopic (exact) mass is 265 g/mol. The predicted molar refractivity (Wildman–Crippen MR) is 76.9 cm³/mol. The van der Waals surface area contributed by atoms with Gasteiger partial charge in [0, 0.05) is 36.6 Å². The number of hydrogen-bond donors (Lipinski definition) is 1. The first-order chi connectivity index (χ1) is 8.79. The molecule has 2 bridgehead atoms. The van der Waals surface area contributed by atoms with Crippen molar-refractivity contribution in [3.8, 4) is 0 Å². The van der Waals surface area contributed by atoms with E-state index >= 15 is 0 Å². The second-order valence-corrected chi connectivity index (χ2v) is 6.58. The van der Waals surface area contributed by atoms with Crippen molar-refractivity contribution in [2.45, 2.75) is 37.4 Å². The molecule has 0 aliphatic carbocycles. The summed E-state index contributed by atoms with van der Waals surface area (Å²) in [5.41, 5.74) is 6.03. The third kappa shape index (κ3) is 2.23. The van der Waals surface area contributed by atoms with Gasteiger partial charge in [-0.25, -0.2) is 0 Å². The SMILES string of the molecule is CN1C2CCC1CN(C(CN)c1cccs1)CC2. The minimum absolute atomic E-state index is 0.428. The number of rotatable bonds is 3. The fraction of sp³-hybridized carbons (Fsp3) is 0.714. The Bertz CT molecular complexity index is 378. The highest BCUT2D eigenvalue weighted by molar-refractivity contribution is 7.10. The normalized spacial score (nSPS) is 31.4. The maximum absolute atomic E-state index is 6.03. The molecule has 1 aromatic heterocycles. The first-order valence-corrected chi connectivity index (χ1v) is 7.87. The number of fused-ring (bicyclic) bond motifs is 2. The van der Waals surface area contributed by atoms with Crippen LogP contribution in [0.5, 0.6) is 0 Å². The lowest BCUT2D eigenvalue weighted by molar-refractivity contribution is 0.177. The summed E-state index contributed by atoms with van der Waals surface area (Å²) in [5.74, 6) is 0. The summed E-state index contributed by atoms with van der Waals surface area (Å²) in [5, 5.41) is 2.16. The highest BCUT2D eigenvalue weighted by atomic mass is 32.1. The Morgan fingerprint density at radius 1 is 1.39 bits per heavy atom. The van der Waals surface area contributed by atoms with Crippen LogP contribution in [-0.2, 0) is 0 Å². The summed E-state index contributed by atoms with van der Waals surface area (Å²) in [4.78, 5) is 6.65. The molecule has 3 rings (SSSR count). The first kappa shape index (κ1) is 12.6. The Morgan fingerprint density at radius 2 is 2.22 bits per heavy atom. The van der Waals surface area contributed by atoms with E-state index in [1.807, 2.05) is 11.3 Å². The van der Waals surface area contributed by atoms with Gasteiger partial charge in [0.2, 0.25) is 0 Å². The number of nitrogens with two attached hydrogens (primary N) is 1. The molecule has 0 spiro atoms. The number of hydrogen-bond acceptors (Lipinski definition) is 4. The quantitative estimate of drug-likeness (QED) is 0.906. The number of likely N-dealkylation sites (tertiary alicyclic amines) is 1. The standard InChI is InChI=1S/C14H23N3S/c1-16-11-4-5-12(16)10-17(7-6-11)13(9-15)14-3-2-8-18-14/h2-3,8,11-13H,4-7,9-10,15H2,1H3. The molecular weight excluding hydrogens is 242 g/mol. The average molecular weight is 265 g/mol. The van der Waals surface area contributed by atoms with E-state index < -0.39 is 0 Å². The van der Waals surface area contributed by atoms with E-state index in [0.29, 0.717) is 6.04 Å².